The summed E-state index contributed by atoms with van der Waals surface area (Å²) in [6, 6.07) is 9.63. The van der Waals surface area contributed by atoms with Crippen LogP contribution in [0.3, 0.4) is 0 Å². The van der Waals surface area contributed by atoms with Crippen LogP contribution >= 0.6 is 11.3 Å². The van der Waals surface area contributed by atoms with E-state index in [1.807, 2.05) is 37.3 Å². The van der Waals surface area contributed by atoms with Crippen molar-refractivity contribution in [2.45, 2.75) is 25.8 Å². The summed E-state index contributed by atoms with van der Waals surface area (Å²) in [6.45, 7) is 8.16. The fraction of sp³-hybridized carbons (Fsp3) is 0.286. The van der Waals surface area contributed by atoms with Crippen molar-refractivity contribution in [3.8, 4) is 11.8 Å². The third-order valence-electron chi connectivity index (χ3n) is 4.29. The fourth-order valence-electron chi connectivity index (χ4n) is 3.05. The molecule has 0 aliphatic carbocycles. The molecule has 5 nitrogen and oxygen atoms in total. The molecular weight excluding hydrogens is 356 g/mol. The van der Waals surface area contributed by atoms with Gasteiger partial charge in [0, 0.05) is 23.8 Å². The Hall–Kier alpha value is -2.75. The molecule has 6 heteroatoms. The molecule has 0 radical (unpaired) electrons. The number of carbonyl (C=O) groups excluding carboxylic acids is 1. The summed E-state index contributed by atoms with van der Waals surface area (Å²) < 4.78 is 0. The number of thiophene rings is 1. The van der Waals surface area contributed by atoms with Gasteiger partial charge in [0.1, 0.15) is 0 Å². The van der Waals surface area contributed by atoms with Crippen LogP contribution in [0, 0.1) is 18.8 Å². The van der Waals surface area contributed by atoms with Crippen molar-refractivity contribution in [3.63, 3.8) is 0 Å². The van der Waals surface area contributed by atoms with Crippen molar-refractivity contribution in [2.24, 2.45) is 5.73 Å². The van der Waals surface area contributed by atoms with E-state index >= 15 is 0 Å². The highest BCUT2D eigenvalue weighted by Crippen LogP contribution is 2.31. The van der Waals surface area contributed by atoms with E-state index in [-0.39, 0.29) is 0 Å². The van der Waals surface area contributed by atoms with Crippen molar-refractivity contribution < 1.29 is 4.79 Å². The highest BCUT2D eigenvalue weighted by molar-refractivity contribution is 7.14. The van der Waals surface area contributed by atoms with Crippen molar-refractivity contribution in [3.05, 3.63) is 57.8 Å². The van der Waals surface area contributed by atoms with Gasteiger partial charge in [0.15, 0.2) is 0 Å². The van der Waals surface area contributed by atoms with Gasteiger partial charge in [-0.15, -0.1) is 11.3 Å². The third-order valence-corrected chi connectivity index (χ3v) is 5.40. The first-order valence-electron chi connectivity index (χ1n) is 8.97. The number of nitrogens with two attached hydrogens (primary N) is 1. The summed E-state index contributed by atoms with van der Waals surface area (Å²) in [5.74, 6) is 6.35. The quantitative estimate of drug-likeness (QED) is 0.615. The SMILES string of the molecule is C=C(NC1CCCNC1)c1sc(C#Cc2cccc(C)c2)cc1NC(N)=O. The van der Waals surface area contributed by atoms with Crippen LogP contribution in [0.5, 0.6) is 0 Å². The van der Waals surface area contributed by atoms with Gasteiger partial charge in [0.05, 0.1) is 15.4 Å². The number of carbonyl (C=O) groups is 1. The number of benzene rings is 1. The fourth-order valence-corrected chi connectivity index (χ4v) is 3.95. The van der Waals surface area contributed by atoms with E-state index in [1.54, 1.807) is 0 Å². The van der Waals surface area contributed by atoms with Gasteiger partial charge < -0.3 is 21.7 Å². The smallest absolute Gasteiger partial charge is 0.316 e. The highest BCUT2D eigenvalue weighted by Gasteiger charge is 2.17. The zero-order valence-electron chi connectivity index (χ0n) is 15.4. The summed E-state index contributed by atoms with van der Waals surface area (Å²) in [5, 5.41) is 9.52. The van der Waals surface area contributed by atoms with Gasteiger partial charge in [-0.1, -0.05) is 30.6 Å². The van der Waals surface area contributed by atoms with E-state index in [0.29, 0.717) is 11.7 Å². The van der Waals surface area contributed by atoms with Crippen molar-refractivity contribution in [1.29, 1.82) is 0 Å². The Balaban J connectivity index is 1.82. The van der Waals surface area contributed by atoms with E-state index in [1.165, 1.54) is 16.9 Å². The van der Waals surface area contributed by atoms with Crippen LogP contribution in [-0.4, -0.2) is 25.2 Å². The second-order valence-corrected chi connectivity index (χ2v) is 7.68. The molecule has 1 saturated heterocycles. The Morgan fingerprint density at radius 2 is 2.22 bits per heavy atom. The van der Waals surface area contributed by atoms with Gasteiger partial charge >= 0.3 is 6.03 Å². The minimum Gasteiger partial charge on any atom is -0.380 e. The Morgan fingerprint density at radius 1 is 1.37 bits per heavy atom. The van der Waals surface area contributed by atoms with Crippen LogP contribution in [0.15, 0.2) is 36.9 Å². The number of primary amides is 1. The van der Waals surface area contributed by atoms with Crippen molar-refractivity contribution in [2.75, 3.05) is 18.4 Å². The van der Waals surface area contributed by atoms with Crippen LogP contribution in [0.25, 0.3) is 5.70 Å². The molecule has 0 saturated carbocycles. The van der Waals surface area contributed by atoms with Gasteiger partial charge in [0.2, 0.25) is 0 Å². The first-order chi connectivity index (χ1) is 13.0. The lowest BCUT2D eigenvalue weighted by Gasteiger charge is -2.25. The molecule has 2 amide bonds. The molecule has 1 fully saturated rings. The molecule has 1 aliphatic heterocycles. The topological polar surface area (TPSA) is 79.2 Å². The molecule has 1 aliphatic rings. The number of piperidine rings is 1. The molecule has 1 atom stereocenters. The number of urea groups is 1. The van der Waals surface area contributed by atoms with E-state index < -0.39 is 6.03 Å². The summed E-state index contributed by atoms with van der Waals surface area (Å²) >= 11 is 1.50. The third kappa shape index (κ3) is 5.36. The lowest BCUT2D eigenvalue weighted by Crippen LogP contribution is -2.42. The molecule has 27 heavy (non-hydrogen) atoms. The molecule has 0 bridgehead atoms. The second-order valence-electron chi connectivity index (χ2n) is 6.63. The first-order valence-corrected chi connectivity index (χ1v) is 9.78. The molecule has 3 rings (SSSR count). The minimum atomic E-state index is -0.598. The Labute approximate surface area is 164 Å². The van der Waals surface area contributed by atoms with Gasteiger partial charge in [-0.05, 0) is 50.1 Å². The Bertz CT molecular complexity index is 900. The standard InChI is InChI=1S/C21H24N4OS/c1-14-5-3-6-16(11-14)8-9-18-12-19(25-21(22)26)20(27-18)15(2)24-17-7-4-10-23-13-17/h3,5-6,11-12,17,23-24H,2,4,7,10,13H2,1H3,(H3,22,25,26). The van der Waals surface area contributed by atoms with Crippen LogP contribution < -0.4 is 21.7 Å². The Morgan fingerprint density at radius 3 is 2.93 bits per heavy atom. The maximum absolute atomic E-state index is 11.4. The molecule has 140 valence electrons. The second kappa shape index (κ2) is 8.76. The first kappa shape index (κ1) is 19.0. The Kier molecular flexibility index (Phi) is 6.17. The number of hydrogen-bond acceptors (Lipinski definition) is 4. The van der Waals surface area contributed by atoms with Gasteiger partial charge in [0.25, 0.3) is 0 Å². The molecule has 1 aromatic carbocycles. The van der Waals surface area contributed by atoms with Crippen molar-refractivity contribution in [1.82, 2.24) is 10.6 Å². The average molecular weight is 381 g/mol. The number of nitrogens with one attached hydrogen (secondary N) is 3. The maximum Gasteiger partial charge on any atom is 0.316 e. The molecule has 5 N–H and O–H groups in total. The minimum absolute atomic E-state index is 0.330. The molecule has 1 unspecified atom stereocenters. The summed E-state index contributed by atoms with van der Waals surface area (Å²) in [6.07, 6.45) is 2.23. The van der Waals surface area contributed by atoms with E-state index in [9.17, 15) is 4.79 Å². The average Bonchev–Trinajstić information content (AvgIpc) is 3.03. The number of amides is 2. The predicted octanol–water partition coefficient (Wildman–Crippen LogP) is 3.26. The van der Waals surface area contributed by atoms with Gasteiger partial charge in [-0.2, -0.15) is 0 Å². The molecule has 0 spiro atoms. The lowest BCUT2D eigenvalue weighted by atomic mass is 10.1. The zero-order valence-corrected chi connectivity index (χ0v) is 16.2. The van der Waals surface area contributed by atoms with Crippen molar-refractivity contribution >= 4 is 28.8 Å². The summed E-state index contributed by atoms with van der Waals surface area (Å²) in [7, 11) is 0. The normalized spacial score (nSPS) is 16.1. The number of hydrogen-bond donors (Lipinski definition) is 4. The number of anilines is 1. The van der Waals surface area contributed by atoms with Crippen LogP contribution in [0.1, 0.15) is 33.7 Å². The summed E-state index contributed by atoms with van der Waals surface area (Å²) in [4.78, 5) is 13.1. The number of rotatable bonds is 4. The van der Waals surface area contributed by atoms with Crippen LogP contribution in [0.4, 0.5) is 10.5 Å². The van der Waals surface area contributed by atoms with E-state index in [4.69, 9.17) is 5.73 Å². The van der Waals surface area contributed by atoms with Crippen LogP contribution in [-0.2, 0) is 0 Å². The van der Waals surface area contributed by atoms with Gasteiger partial charge in [-0.3, -0.25) is 0 Å². The molecule has 1 aromatic heterocycles. The molecule has 2 heterocycles. The highest BCUT2D eigenvalue weighted by atomic mass is 32.1. The monoisotopic (exact) mass is 380 g/mol. The zero-order chi connectivity index (χ0) is 19.2. The molecule has 2 aromatic rings. The largest absolute Gasteiger partial charge is 0.380 e. The lowest BCUT2D eigenvalue weighted by molar-refractivity contribution is 0.259. The number of aryl methyl sites for hydroxylation is 1. The molecular formula is C21H24N4OS. The van der Waals surface area contributed by atoms with Crippen LogP contribution in [0.2, 0.25) is 0 Å². The van der Waals surface area contributed by atoms with E-state index in [2.05, 4.69) is 34.4 Å². The van der Waals surface area contributed by atoms with Gasteiger partial charge in [-0.25, -0.2) is 4.79 Å². The predicted molar refractivity (Wildman–Crippen MR) is 113 cm³/mol. The maximum atomic E-state index is 11.4. The van der Waals surface area contributed by atoms with E-state index in [0.717, 1.165) is 46.9 Å². The summed E-state index contributed by atoms with van der Waals surface area (Å²) in [5.41, 5.74) is 8.87.